The minimum Gasteiger partial charge on any atom is -0.462 e. The van der Waals surface area contributed by atoms with E-state index in [9.17, 15) is 19.0 Å². The summed E-state index contributed by atoms with van der Waals surface area (Å²) in [6.07, 6.45) is 60.5. The van der Waals surface area contributed by atoms with Crippen LogP contribution in [0.4, 0.5) is 0 Å². The first-order chi connectivity index (χ1) is 32.3. The highest BCUT2D eigenvalue weighted by Crippen LogP contribution is 2.43. The van der Waals surface area contributed by atoms with Crippen molar-refractivity contribution in [3.63, 3.8) is 0 Å². The first-order valence-electron chi connectivity index (χ1n) is 29.3. The van der Waals surface area contributed by atoms with E-state index in [2.05, 4.69) is 13.8 Å². The molecule has 8 nitrogen and oxygen atoms in total. The van der Waals surface area contributed by atoms with Crippen LogP contribution in [0.25, 0.3) is 0 Å². The Kier molecular flexibility index (Phi) is 52.6. The molecule has 0 saturated carbocycles. The number of hydrogen-bond donors (Lipinski definition) is 1. The van der Waals surface area contributed by atoms with Crippen LogP contribution in [0.5, 0.6) is 0 Å². The summed E-state index contributed by atoms with van der Waals surface area (Å²) in [5, 5.41) is 0. The van der Waals surface area contributed by atoms with Crippen molar-refractivity contribution in [2.24, 2.45) is 0 Å². The SMILES string of the molecule is CCCCCCCCCCCCCCCCCCCCCCCCCCC(=O)OC(COC(=O)CCCCCCCCCCCCCCCCCCCCCCCC)COP(=O)(O)OCC. The van der Waals surface area contributed by atoms with Gasteiger partial charge in [0, 0.05) is 12.8 Å². The summed E-state index contributed by atoms with van der Waals surface area (Å²) < 4.78 is 32.9. The molecule has 2 atom stereocenters. The smallest absolute Gasteiger partial charge is 0.462 e. The predicted octanol–water partition coefficient (Wildman–Crippen LogP) is 19.4. The van der Waals surface area contributed by atoms with Gasteiger partial charge < -0.3 is 14.4 Å². The highest BCUT2D eigenvalue weighted by Gasteiger charge is 2.25. The fourth-order valence-corrected chi connectivity index (χ4v) is 9.86. The molecule has 0 amide bonds. The lowest BCUT2D eigenvalue weighted by atomic mass is 10.0. The highest BCUT2D eigenvalue weighted by molar-refractivity contribution is 7.47. The monoisotopic (exact) mass is 957 g/mol. The number of phosphoric acid groups is 1. The van der Waals surface area contributed by atoms with Crippen molar-refractivity contribution in [2.45, 2.75) is 335 Å². The number of rotatable bonds is 56. The van der Waals surface area contributed by atoms with Gasteiger partial charge in [-0.1, -0.05) is 296 Å². The van der Waals surface area contributed by atoms with Gasteiger partial charge in [0.15, 0.2) is 6.10 Å². The zero-order valence-electron chi connectivity index (χ0n) is 44.4. The van der Waals surface area contributed by atoms with Gasteiger partial charge in [0.2, 0.25) is 0 Å². The van der Waals surface area contributed by atoms with Gasteiger partial charge in [-0.05, 0) is 19.8 Å². The largest absolute Gasteiger partial charge is 0.472 e. The number of ether oxygens (including phenoxy) is 2. The second-order valence-electron chi connectivity index (χ2n) is 20.0. The molecule has 1 N–H and O–H groups in total. The molecule has 9 heteroatoms. The third-order valence-electron chi connectivity index (χ3n) is 13.4. The predicted molar refractivity (Wildman–Crippen MR) is 281 cm³/mol. The van der Waals surface area contributed by atoms with Crippen molar-refractivity contribution < 1.29 is 37.6 Å². The first kappa shape index (κ1) is 65.0. The van der Waals surface area contributed by atoms with E-state index in [4.69, 9.17) is 18.5 Å². The molecule has 0 heterocycles. The number of hydrogen-bond acceptors (Lipinski definition) is 7. The van der Waals surface area contributed by atoms with Crippen LogP contribution in [0.3, 0.4) is 0 Å². The molecule has 66 heavy (non-hydrogen) atoms. The average Bonchev–Trinajstić information content (AvgIpc) is 3.30. The number of phosphoric ester groups is 1. The molecule has 0 aliphatic carbocycles. The molecule has 0 aliphatic heterocycles. The molecule has 0 rings (SSSR count). The summed E-state index contributed by atoms with van der Waals surface area (Å²) >= 11 is 0. The molecule has 0 aromatic heterocycles. The van der Waals surface area contributed by atoms with Crippen molar-refractivity contribution in [1.82, 2.24) is 0 Å². The lowest BCUT2D eigenvalue weighted by molar-refractivity contribution is -0.161. The summed E-state index contributed by atoms with van der Waals surface area (Å²) in [5.74, 6) is -0.770. The lowest BCUT2D eigenvalue weighted by Crippen LogP contribution is -2.29. The van der Waals surface area contributed by atoms with Gasteiger partial charge in [0.05, 0.1) is 13.2 Å². The van der Waals surface area contributed by atoms with E-state index in [1.54, 1.807) is 6.92 Å². The molecule has 0 bridgehead atoms. The Labute approximate surface area is 410 Å². The fraction of sp³-hybridized carbons (Fsp3) is 0.965. The summed E-state index contributed by atoms with van der Waals surface area (Å²) in [5.41, 5.74) is 0. The first-order valence-corrected chi connectivity index (χ1v) is 30.8. The maximum atomic E-state index is 12.7. The Morgan fingerprint density at radius 1 is 0.348 bits per heavy atom. The summed E-state index contributed by atoms with van der Waals surface area (Å²) in [6, 6.07) is 0. The van der Waals surface area contributed by atoms with Crippen molar-refractivity contribution in [1.29, 1.82) is 0 Å². The Bertz CT molecular complexity index is 1040. The third kappa shape index (κ3) is 52.4. The maximum Gasteiger partial charge on any atom is 0.472 e. The number of esters is 2. The van der Waals surface area contributed by atoms with E-state index in [0.29, 0.717) is 6.42 Å². The third-order valence-corrected chi connectivity index (χ3v) is 14.5. The van der Waals surface area contributed by atoms with Crippen LogP contribution >= 0.6 is 7.82 Å². The topological polar surface area (TPSA) is 108 Å². The Morgan fingerprint density at radius 2 is 0.591 bits per heavy atom. The van der Waals surface area contributed by atoms with Crippen molar-refractivity contribution in [2.75, 3.05) is 19.8 Å². The van der Waals surface area contributed by atoms with E-state index in [0.717, 1.165) is 38.5 Å². The molecule has 0 aromatic rings. The van der Waals surface area contributed by atoms with Gasteiger partial charge in [-0.3, -0.25) is 18.6 Å². The van der Waals surface area contributed by atoms with Crippen LogP contribution in [0, 0.1) is 0 Å². The second-order valence-corrected chi connectivity index (χ2v) is 21.5. The van der Waals surface area contributed by atoms with Crippen LogP contribution in [0.1, 0.15) is 329 Å². The van der Waals surface area contributed by atoms with Crippen molar-refractivity contribution in [3.05, 3.63) is 0 Å². The Hall–Kier alpha value is -0.950. The fourth-order valence-electron chi connectivity index (χ4n) is 9.11. The molecule has 0 saturated heterocycles. The van der Waals surface area contributed by atoms with Gasteiger partial charge in [-0.25, -0.2) is 4.57 Å². The maximum absolute atomic E-state index is 12.7. The van der Waals surface area contributed by atoms with E-state index < -0.39 is 19.9 Å². The molecule has 0 radical (unpaired) electrons. The standard InChI is InChI=1S/C57H113O8P/c1-4-7-9-11-13-15-17-19-21-23-25-27-29-30-32-34-36-38-40-42-44-46-48-50-52-57(59)65-55(54-64-66(60,61)63-6-3)53-62-56(58)51-49-47-45-43-41-39-37-35-33-31-28-26-24-22-20-18-16-14-12-10-8-5-2/h55H,4-54H2,1-3H3,(H,60,61). The molecule has 0 aliphatic rings. The highest BCUT2D eigenvalue weighted by atomic mass is 31.2. The molecule has 0 aromatic carbocycles. The number of carbonyl (C=O) groups is 2. The van der Waals surface area contributed by atoms with Crippen molar-refractivity contribution >= 4 is 19.8 Å². The lowest BCUT2D eigenvalue weighted by Gasteiger charge is -2.19. The van der Waals surface area contributed by atoms with Crippen LogP contribution in [-0.2, 0) is 32.7 Å². The van der Waals surface area contributed by atoms with E-state index >= 15 is 0 Å². The molecule has 0 fully saturated rings. The summed E-state index contributed by atoms with van der Waals surface area (Å²) in [7, 11) is -4.28. The minimum atomic E-state index is -4.28. The minimum absolute atomic E-state index is 0.00627. The van der Waals surface area contributed by atoms with Gasteiger partial charge >= 0.3 is 19.8 Å². The molecular formula is C57H113O8P. The average molecular weight is 957 g/mol. The van der Waals surface area contributed by atoms with Gasteiger partial charge in [-0.2, -0.15) is 0 Å². The van der Waals surface area contributed by atoms with E-state index in [1.807, 2.05) is 0 Å². The number of unbranched alkanes of at least 4 members (excludes halogenated alkanes) is 44. The summed E-state index contributed by atoms with van der Waals surface area (Å²) in [4.78, 5) is 35.1. The van der Waals surface area contributed by atoms with E-state index in [1.165, 1.54) is 257 Å². The quantitative estimate of drug-likeness (QED) is 0.0365. The molecule has 394 valence electrons. The molecular weight excluding hydrogens is 844 g/mol. The van der Waals surface area contributed by atoms with Gasteiger partial charge in [0.1, 0.15) is 6.61 Å². The zero-order valence-corrected chi connectivity index (χ0v) is 45.3. The number of carbonyl (C=O) groups excluding carboxylic acids is 2. The van der Waals surface area contributed by atoms with Crippen LogP contribution in [0.2, 0.25) is 0 Å². The van der Waals surface area contributed by atoms with Crippen LogP contribution < -0.4 is 0 Å². The van der Waals surface area contributed by atoms with Crippen LogP contribution in [0.15, 0.2) is 0 Å². The molecule has 2 unspecified atom stereocenters. The van der Waals surface area contributed by atoms with Gasteiger partial charge in [0.25, 0.3) is 0 Å². The zero-order chi connectivity index (χ0) is 48.1. The second kappa shape index (κ2) is 53.4. The van der Waals surface area contributed by atoms with Gasteiger partial charge in [-0.15, -0.1) is 0 Å². The summed E-state index contributed by atoms with van der Waals surface area (Å²) in [6.45, 7) is 5.58. The molecule has 0 spiro atoms. The Balaban J connectivity index is 3.84. The van der Waals surface area contributed by atoms with Crippen LogP contribution in [-0.4, -0.2) is 42.8 Å². The van der Waals surface area contributed by atoms with E-state index in [-0.39, 0.29) is 32.2 Å². The van der Waals surface area contributed by atoms with Crippen molar-refractivity contribution in [3.8, 4) is 0 Å². The Morgan fingerprint density at radius 3 is 0.848 bits per heavy atom. The normalized spacial score (nSPS) is 13.0.